The minimum Gasteiger partial charge on any atom is -0.466 e. The molecule has 5 heteroatoms. The number of carbonyl (C=O) groups is 2. The molecule has 5 nitrogen and oxygen atoms in total. The van der Waals surface area contributed by atoms with Gasteiger partial charge in [-0.05, 0) is 32.1 Å². The van der Waals surface area contributed by atoms with Gasteiger partial charge in [-0.15, -0.1) is 0 Å². The molecule has 2 atom stereocenters. The number of hydrogen-bond acceptors (Lipinski definition) is 5. The van der Waals surface area contributed by atoms with E-state index in [1.807, 2.05) is 13.8 Å². The summed E-state index contributed by atoms with van der Waals surface area (Å²) in [7, 11) is 1.66. The first-order valence-corrected chi connectivity index (χ1v) is 9.85. The van der Waals surface area contributed by atoms with Crippen molar-refractivity contribution in [2.24, 2.45) is 5.92 Å². The summed E-state index contributed by atoms with van der Waals surface area (Å²) in [4.78, 5) is 23.4. The Hall–Kier alpha value is -1.10. The van der Waals surface area contributed by atoms with Crippen molar-refractivity contribution >= 4 is 11.9 Å². The molecule has 0 aromatic heterocycles. The van der Waals surface area contributed by atoms with Gasteiger partial charge in [-0.1, -0.05) is 46.0 Å². The van der Waals surface area contributed by atoms with Crippen LogP contribution in [0.2, 0.25) is 0 Å². The Balaban J connectivity index is 3.61. The molecule has 0 saturated carbocycles. The average Bonchev–Trinajstić information content (AvgIpc) is 2.58. The summed E-state index contributed by atoms with van der Waals surface area (Å²) < 4.78 is 15.6. The summed E-state index contributed by atoms with van der Waals surface area (Å²) in [6, 6.07) is 0. The zero-order valence-corrected chi connectivity index (χ0v) is 16.7. The molecule has 148 valence electrons. The van der Waals surface area contributed by atoms with Crippen molar-refractivity contribution in [2.75, 3.05) is 20.3 Å². The van der Waals surface area contributed by atoms with Crippen molar-refractivity contribution in [3.63, 3.8) is 0 Å². The standard InChI is InChI=1S/C20H38O5/c1-5-6-7-8-9-10-15-24-19(21)12-11-13-20(22)25-18(3)17(2)14-16-23-4/h17-18H,5-16H2,1-4H3. The number of methoxy groups -OCH3 is 1. The molecule has 0 spiro atoms. The summed E-state index contributed by atoms with van der Waals surface area (Å²) in [6.07, 6.45) is 8.75. The van der Waals surface area contributed by atoms with Crippen LogP contribution in [0.5, 0.6) is 0 Å². The fourth-order valence-electron chi connectivity index (χ4n) is 2.44. The van der Waals surface area contributed by atoms with E-state index in [2.05, 4.69) is 6.92 Å². The van der Waals surface area contributed by atoms with Crippen LogP contribution in [0.3, 0.4) is 0 Å². The Morgan fingerprint density at radius 2 is 1.48 bits per heavy atom. The van der Waals surface area contributed by atoms with Crippen LogP contribution in [0, 0.1) is 5.92 Å². The predicted molar refractivity (Wildman–Crippen MR) is 99.4 cm³/mol. The maximum absolute atomic E-state index is 11.8. The van der Waals surface area contributed by atoms with E-state index in [1.54, 1.807) is 7.11 Å². The molecule has 2 unspecified atom stereocenters. The van der Waals surface area contributed by atoms with Crippen molar-refractivity contribution < 1.29 is 23.8 Å². The molecule has 0 N–H and O–H groups in total. The summed E-state index contributed by atoms with van der Waals surface area (Å²) >= 11 is 0. The number of carbonyl (C=O) groups excluding carboxylic acids is 2. The molecular formula is C20H38O5. The van der Waals surface area contributed by atoms with Gasteiger partial charge in [0.15, 0.2) is 0 Å². The molecule has 0 aromatic carbocycles. The van der Waals surface area contributed by atoms with Crippen molar-refractivity contribution in [1.82, 2.24) is 0 Å². The van der Waals surface area contributed by atoms with Crippen molar-refractivity contribution in [3.8, 4) is 0 Å². The van der Waals surface area contributed by atoms with E-state index in [0.29, 0.717) is 19.6 Å². The van der Waals surface area contributed by atoms with E-state index in [1.165, 1.54) is 25.7 Å². The Kier molecular flexibility index (Phi) is 15.7. The first-order chi connectivity index (χ1) is 12.0. The van der Waals surface area contributed by atoms with Gasteiger partial charge in [0.05, 0.1) is 6.61 Å². The molecule has 0 aliphatic carbocycles. The number of hydrogen-bond donors (Lipinski definition) is 0. The van der Waals surface area contributed by atoms with Crippen LogP contribution < -0.4 is 0 Å². The minimum atomic E-state index is -0.250. The summed E-state index contributed by atoms with van der Waals surface area (Å²) in [5, 5.41) is 0. The lowest BCUT2D eigenvalue weighted by atomic mass is 10.0. The monoisotopic (exact) mass is 358 g/mol. The van der Waals surface area contributed by atoms with Crippen LogP contribution in [-0.2, 0) is 23.8 Å². The Morgan fingerprint density at radius 1 is 0.840 bits per heavy atom. The summed E-state index contributed by atoms with van der Waals surface area (Å²) in [5.41, 5.74) is 0. The molecule has 25 heavy (non-hydrogen) atoms. The van der Waals surface area contributed by atoms with E-state index in [-0.39, 0.29) is 36.8 Å². The largest absolute Gasteiger partial charge is 0.466 e. The highest BCUT2D eigenvalue weighted by Gasteiger charge is 2.16. The van der Waals surface area contributed by atoms with Gasteiger partial charge in [0, 0.05) is 26.6 Å². The van der Waals surface area contributed by atoms with Gasteiger partial charge in [-0.25, -0.2) is 0 Å². The molecule has 0 radical (unpaired) electrons. The lowest BCUT2D eigenvalue weighted by Crippen LogP contribution is -2.23. The smallest absolute Gasteiger partial charge is 0.306 e. The molecule has 0 aromatic rings. The van der Waals surface area contributed by atoms with Gasteiger partial charge in [-0.2, -0.15) is 0 Å². The second-order valence-corrected chi connectivity index (χ2v) is 6.80. The van der Waals surface area contributed by atoms with Gasteiger partial charge >= 0.3 is 11.9 Å². The van der Waals surface area contributed by atoms with Crippen LogP contribution in [0.25, 0.3) is 0 Å². The second kappa shape index (κ2) is 16.4. The number of rotatable bonds is 16. The molecule has 0 fully saturated rings. The van der Waals surface area contributed by atoms with Crippen LogP contribution in [0.15, 0.2) is 0 Å². The highest BCUT2D eigenvalue weighted by atomic mass is 16.5. The fourth-order valence-corrected chi connectivity index (χ4v) is 2.44. The Bertz CT molecular complexity index is 343. The summed E-state index contributed by atoms with van der Waals surface area (Å²) in [5.74, 6) is -0.213. The van der Waals surface area contributed by atoms with E-state index < -0.39 is 0 Å². The van der Waals surface area contributed by atoms with Gasteiger partial charge in [0.2, 0.25) is 0 Å². The third kappa shape index (κ3) is 14.9. The number of unbranched alkanes of at least 4 members (excludes halogenated alkanes) is 5. The summed E-state index contributed by atoms with van der Waals surface area (Å²) in [6.45, 7) is 7.28. The molecule has 0 saturated heterocycles. The first kappa shape index (κ1) is 23.9. The van der Waals surface area contributed by atoms with E-state index in [4.69, 9.17) is 14.2 Å². The molecule has 0 aliphatic rings. The third-order valence-electron chi connectivity index (χ3n) is 4.42. The molecular weight excluding hydrogens is 320 g/mol. The quantitative estimate of drug-likeness (QED) is 0.296. The number of esters is 2. The minimum absolute atomic E-state index is 0.137. The Morgan fingerprint density at radius 3 is 2.16 bits per heavy atom. The van der Waals surface area contributed by atoms with E-state index in [9.17, 15) is 9.59 Å². The molecule has 0 amide bonds. The van der Waals surface area contributed by atoms with Crippen LogP contribution in [-0.4, -0.2) is 38.4 Å². The van der Waals surface area contributed by atoms with Crippen molar-refractivity contribution in [2.45, 2.75) is 91.1 Å². The first-order valence-electron chi connectivity index (χ1n) is 9.85. The fraction of sp³-hybridized carbons (Fsp3) is 0.900. The van der Waals surface area contributed by atoms with Crippen molar-refractivity contribution in [3.05, 3.63) is 0 Å². The predicted octanol–water partition coefficient (Wildman–Crippen LogP) is 4.66. The lowest BCUT2D eigenvalue weighted by Gasteiger charge is -2.20. The number of ether oxygens (including phenoxy) is 3. The topological polar surface area (TPSA) is 61.8 Å². The third-order valence-corrected chi connectivity index (χ3v) is 4.42. The lowest BCUT2D eigenvalue weighted by molar-refractivity contribution is -0.151. The molecule has 0 rings (SSSR count). The maximum Gasteiger partial charge on any atom is 0.306 e. The highest BCUT2D eigenvalue weighted by Crippen LogP contribution is 2.13. The highest BCUT2D eigenvalue weighted by molar-refractivity contribution is 5.72. The maximum atomic E-state index is 11.8. The normalized spacial score (nSPS) is 13.3. The Labute approximate surface area is 153 Å². The zero-order chi connectivity index (χ0) is 18.9. The SMILES string of the molecule is CCCCCCCCOC(=O)CCCC(=O)OC(C)C(C)CCOC. The van der Waals surface area contributed by atoms with E-state index in [0.717, 1.165) is 19.3 Å². The van der Waals surface area contributed by atoms with Crippen LogP contribution in [0.4, 0.5) is 0 Å². The van der Waals surface area contributed by atoms with Gasteiger partial charge < -0.3 is 14.2 Å². The zero-order valence-electron chi connectivity index (χ0n) is 16.7. The average molecular weight is 359 g/mol. The van der Waals surface area contributed by atoms with Gasteiger partial charge in [0.1, 0.15) is 6.10 Å². The van der Waals surface area contributed by atoms with Crippen LogP contribution in [0.1, 0.15) is 85.0 Å². The molecule has 0 aliphatic heterocycles. The second-order valence-electron chi connectivity index (χ2n) is 6.80. The van der Waals surface area contributed by atoms with Gasteiger partial charge in [0.25, 0.3) is 0 Å². The van der Waals surface area contributed by atoms with E-state index >= 15 is 0 Å². The van der Waals surface area contributed by atoms with Crippen LogP contribution >= 0.6 is 0 Å². The van der Waals surface area contributed by atoms with Gasteiger partial charge in [-0.3, -0.25) is 9.59 Å². The molecule has 0 bridgehead atoms. The molecule has 0 heterocycles. The van der Waals surface area contributed by atoms with Crippen molar-refractivity contribution in [1.29, 1.82) is 0 Å².